The van der Waals surface area contributed by atoms with Gasteiger partial charge in [0, 0.05) is 12.1 Å². The van der Waals surface area contributed by atoms with Crippen LogP contribution in [0, 0.1) is 12.0 Å². The van der Waals surface area contributed by atoms with Crippen LogP contribution in [-0.4, -0.2) is 11.7 Å². The predicted molar refractivity (Wildman–Crippen MR) is 75.0 cm³/mol. The van der Waals surface area contributed by atoms with Gasteiger partial charge in [0.2, 0.25) is 0 Å². The van der Waals surface area contributed by atoms with Gasteiger partial charge in [-0.3, -0.25) is 0 Å². The summed E-state index contributed by atoms with van der Waals surface area (Å²) in [5, 5.41) is 9.32. The lowest BCUT2D eigenvalue weighted by molar-refractivity contribution is 0.226. The number of hydrogen-bond donors (Lipinski definition) is 1. The molecule has 2 heteroatoms. The maximum Gasteiger partial charge on any atom is 0.127 e. The number of benzene rings is 1. The van der Waals surface area contributed by atoms with Crippen molar-refractivity contribution in [3.63, 3.8) is 0 Å². The van der Waals surface area contributed by atoms with E-state index in [-0.39, 0.29) is 5.75 Å². The summed E-state index contributed by atoms with van der Waals surface area (Å²) in [5.41, 5.74) is 0. The molecule has 1 unspecified atom stereocenters. The number of rotatable bonds is 9. The van der Waals surface area contributed by atoms with Crippen LogP contribution in [0.3, 0.4) is 0 Å². The SMILES string of the molecule is CCCCCC(CCC)COc1cc[c]c(O)c1. The minimum Gasteiger partial charge on any atom is -0.507 e. The molecule has 0 bridgehead atoms. The summed E-state index contributed by atoms with van der Waals surface area (Å²) in [4.78, 5) is 0. The predicted octanol–water partition coefficient (Wildman–Crippen LogP) is 4.57. The molecule has 1 atom stereocenters. The summed E-state index contributed by atoms with van der Waals surface area (Å²) >= 11 is 0. The van der Waals surface area contributed by atoms with Crippen LogP contribution in [0.5, 0.6) is 11.5 Å². The standard InChI is InChI=1S/C16H25O2/c1-3-5-6-9-14(8-4-2)13-18-16-11-7-10-15(17)12-16/h7,11-12,14,17H,3-6,8-9,13H2,1-2H3. The highest BCUT2D eigenvalue weighted by atomic mass is 16.5. The fourth-order valence-electron chi connectivity index (χ4n) is 2.14. The minimum atomic E-state index is 0.144. The fourth-order valence-corrected chi connectivity index (χ4v) is 2.14. The average molecular weight is 249 g/mol. The highest BCUT2D eigenvalue weighted by Crippen LogP contribution is 2.21. The van der Waals surface area contributed by atoms with Gasteiger partial charge in [0.05, 0.1) is 6.61 Å². The zero-order valence-electron chi connectivity index (χ0n) is 11.6. The van der Waals surface area contributed by atoms with Crippen LogP contribution in [0.1, 0.15) is 52.4 Å². The second kappa shape index (κ2) is 8.84. The number of unbranched alkanes of at least 4 members (excludes halogenated alkanes) is 2. The first-order valence-electron chi connectivity index (χ1n) is 7.09. The number of phenols is 1. The molecule has 0 saturated heterocycles. The van der Waals surface area contributed by atoms with E-state index in [4.69, 9.17) is 4.74 Å². The van der Waals surface area contributed by atoms with Gasteiger partial charge >= 0.3 is 0 Å². The van der Waals surface area contributed by atoms with Crippen LogP contribution in [0.15, 0.2) is 18.2 Å². The van der Waals surface area contributed by atoms with Crippen LogP contribution >= 0.6 is 0 Å². The Labute approximate surface area is 111 Å². The van der Waals surface area contributed by atoms with Crippen LogP contribution in [0.2, 0.25) is 0 Å². The van der Waals surface area contributed by atoms with E-state index in [1.807, 2.05) is 6.07 Å². The molecule has 0 aromatic heterocycles. The third kappa shape index (κ3) is 5.95. The summed E-state index contributed by atoms with van der Waals surface area (Å²) in [6, 6.07) is 7.86. The van der Waals surface area contributed by atoms with E-state index < -0.39 is 0 Å². The molecule has 1 rings (SSSR count). The number of aromatic hydroxyl groups is 1. The first-order chi connectivity index (χ1) is 8.76. The van der Waals surface area contributed by atoms with Crippen molar-refractivity contribution in [2.45, 2.75) is 52.4 Å². The fraction of sp³-hybridized carbons (Fsp3) is 0.625. The van der Waals surface area contributed by atoms with E-state index in [0.717, 1.165) is 12.4 Å². The first-order valence-corrected chi connectivity index (χ1v) is 7.09. The molecule has 0 aliphatic rings. The van der Waals surface area contributed by atoms with E-state index in [9.17, 15) is 5.11 Å². The summed E-state index contributed by atoms with van der Waals surface area (Å²) in [5.74, 6) is 1.52. The second-order valence-corrected chi connectivity index (χ2v) is 4.87. The molecular formula is C16H25O2. The van der Waals surface area contributed by atoms with Crippen molar-refractivity contribution in [1.29, 1.82) is 0 Å². The van der Waals surface area contributed by atoms with Gasteiger partial charge in [-0.2, -0.15) is 0 Å². The zero-order valence-corrected chi connectivity index (χ0v) is 11.6. The maximum atomic E-state index is 9.32. The number of hydrogen-bond acceptors (Lipinski definition) is 2. The topological polar surface area (TPSA) is 29.5 Å². The Balaban J connectivity index is 2.36. The minimum absolute atomic E-state index is 0.144. The zero-order chi connectivity index (χ0) is 13.2. The van der Waals surface area contributed by atoms with Gasteiger partial charge in [-0.1, -0.05) is 39.5 Å². The second-order valence-electron chi connectivity index (χ2n) is 4.87. The Morgan fingerprint density at radius 1 is 1.22 bits per heavy atom. The van der Waals surface area contributed by atoms with Crippen molar-refractivity contribution < 1.29 is 9.84 Å². The molecule has 0 fully saturated rings. The van der Waals surface area contributed by atoms with Crippen molar-refractivity contribution in [2.24, 2.45) is 5.92 Å². The number of ether oxygens (including phenoxy) is 1. The van der Waals surface area contributed by atoms with Crippen LogP contribution in [0.4, 0.5) is 0 Å². The monoisotopic (exact) mass is 249 g/mol. The smallest absolute Gasteiger partial charge is 0.127 e. The largest absolute Gasteiger partial charge is 0.507 e. The number of phenolic OH excluding ortho intramolecular Hbond substituents is 1. The van der Waals surface area contributed by atoms with Crippen LogP contribution in [0.25, 0.3) is 0 Å². The van der Waals surface area contributed by atoms with Crippen molar-refractivity contribution >= 4 is 0 Å². The van der Waals surface area contributed by atoms with E-state index in [2.05, 4.69) is 19.9 Å². The molecule has 0 amide bonds. The van der Waals surface area contributed by atoms with Crippen LogP contribution in [-0.2, 0) is 0 Å². The maximum absolute atomic E-state index is 9.32. The van der Waals surface area contributed by atoms with Gasteiger partial charge < -0.3 is 9.84 Å². The van der Waals surface area contributed by atoms with E-state index in [0.29, 0.717) is 5.92 Å². The lowest BCUT2D eigenvalue weighted by Gasteiger charge is -2.17. The van der Waals surface area contributed by atoms with Gasteiger partial charge in [-0.05, 0) is 30.9 Å². The average Bonchev–Trinajstić information content (AvgIpc) is 2.36. The summed E-state index contributed by atoms with van der Waals surface area (Å²) in [6.07, 6.45) is 7.52. The molecule has 0 saturated carbocycles. The van der Waals surface area contributed by atoms with Gasteiger partial charge in [-0.25, -0.2) is 0 Å². The Kier molecular flexibility index (Phi) is 7.31. The molecule has 101 valence electrons. The van der Waals surface area contributed by atoms with Crippen molar-refractivity contribution in [3.05, 3.63) is 24.3 Å². The van der Waals surface area contributed by atoms with Crippen molar-refractivity contribution in [2.75, 3.05) is 6.61 Å². The van der Waals surface area contributed by atoms with Gasteiger partial charge in [0.1, 0.15) is 11.5 Å². The molecule has 1 aromatic carbocycles. The van der Waals surface area contributed by atoms with E-state index >= 15 is 0 Å². The molecule has 0 aliphatic heterocycles. The molecule has 0 heterocycles. The summed E-state index contributed by atoms with van der Waals surface area (Å²) in [6.45, 7) is 5.20. The van der Waals surface area contributed by atoms with E-state index in [1.165, 1.54) is 38.5 Å². The first kappa shape index (κ1) is 14.9. The highest BCUT2D eigenvalue weighted by molar-refractivity contribution is 5.30. The molecule has 18 heavy (non-hydrogen) atoms. The molecule has 1 aromatic rings. The lowest BCUT2D eigenvalue weighted by atomic mass is 9.97. The Hall–Kier alpha value is -1.18. The van der Waals surface area contributed by atoms with E-state index in [1.54, 1.807) is 12.1 Å². The highest BCUT2D eigenvalue weighted by Gasteiger charge is 2.08. The third-order valence-corrected chi connectivity index (χ3v) is 3.16. The molecule has 1 N–H and O–H groups in total. The van der Waals surface area contributed by atoms with Crippen LogP contribution < -0.4 is 4.74 Å². The van der Waals surface area contributed by atoms with Crippen molar-refractivity contribution in [3.8, 4) is 11.5 Å². The van der Waals surface area contributed by atoms with Gasteiger partial charge in [-0.15, -0.1) is 0 Å². The Morgan fingerprint density at radius 3 is 2.72 bits per heavy atom. The molecule has 2 nitrogen and oxygen atoms in total. The summed E-state index contributed by atoms with van der Waals surface area (Å²) < 4.78 is 5.75. The quantitative estimate of drug-likeness (QED) is 0.650. The molecule has 0 spiro atoms. The Morgan fingerprint density at radius 2 is 2.06 bits per heavy atom. The van der Waals surface area contributed by atoms with Crippen molar-refractivity contribution in [1.82, 2.24) is 0 Å². The van der Waals surface area contributed by atoms with Gasteiger partial charge in [0.25, 0.3) is 0 Å². The Bertz CT molecular complexity index is 323. The third-order valence-electron chi connectivity index (χ3n) is 3.16. The van der Waals surface area contributed by atoms with Gasteiger partial charge in [0.15, 0.2) is 0 Å². The lowest BCUT2D eigenvalue weighted by Crippen LogP contribution is -2.12. The molecule has 1 radical (unpaired) electrons. The normalized spacial score (nSPS) is 12.3. The molecule has 0 aliphatic carbocycles. The summed E-state index contributed by atoms with van der Waals surface area (Å²) in [7, 11) is 0. The molecular weight excluding hydrogens is 224 g/mol.